The summed E-state index contributed by atoms with van der Waals surface area (Å²) in [4.78, 5) is 20.1. The molecular formula is C6H10O4. The molecule has 0 rings (SSSR count). The van der Waals surface area contributed by atoms with Crippen molar-refractivity contribution in [1.29, 1.82) is 0 Å². The summed E-state index contributed by atoms with van der Waals surface area (Å²) in [6.45, 7) is 1.51. The smallest absolute Gasteiger partial charge is 0.336 e. The lowest BCUT2D eigenvalue weighted by Crippen LogP contribution is -2.37. The average Bonchev–Trinajstić information content (AvgIpc) is 1.88. The Morgan fingerprint density at radius 1 is 1.70 bits per heavy atom. The lowest BCUT2D eigenvalue weighted by molar-refractivity contribution is -0.160. The first-order valence-electron chi connectivity index (χ1n) is 2.96. The molecule has 0 saturated carbocycles. The van der Waals surface area contributed by atoms with Gasteiger partial charge in [0.05, 0.1) is 0 Å². The van der Waals surface area contributed by atoms with E-state index in [1.54, 1.807) is 0 Å². The van der Waals surface area contributed by atoms with E-state index in [0.717, 1.165) is 0 Å². The highest BCUT2D eigenvalue weighted by molar-refractivity contribution is 5.80. The Bertz CT molecular complexity index is 143. The van der Waals surface area contributed by atoms with Gasteiger partial charge in [-0.15, -0.1) is 0 Å². The van der Waals surface area contributed by atoms with Crippen LogP contribution in [-0.4, -0.2) is 28.1 Å². The van der Waals surface area contributed by atoms with Gasteiger partial charge in [-0.25, -0.2) is 4.79 Å². The van der Waals surface area contributed by atoms with Gasteiger partial charge < -0.3 is 15.0 Å². The molecule has 0 aliphatic rings. The fraction of sp³-hybridized carbons (Fsp3) is 0.667. The van der Waals surface area contributed by atoms with Crippen molar-refractivity contribution >= 4 is 12.3 Å². The number of aliphatic carboxylic acids is 1. The van der Waals surface area contributed by atoms with Crippen LogP contribution in [0.15, 0.2) is 0 Å². The molecule has 58 valence electrons. The maximum absolute atomic E-state index is 10.2. The first-order chi connectivity index (χ1) is 4.56. The van der Waals surface area contributed by atoms with E-state index in [1.165, 1.54) is 6.92 Å². The maximum Gasteiger partial charge on any atom is 0.336 e. The zero-order chi connectivity index (χ0) is 8.20. The highest BCUT2D eigenvalue weighted by atomic mass is 16.4. The third kappa shape index (κ3) is 1.80. The SMILES string of the molecule is CCC(O)(CC=O)C(=O)O. The van der Waals surface area contributed by atoms with Gasteiger partial charge in [-0.2, -0.15) is 0 Å². The van der Waals surface area contributed by atoms with Gasteiger partial charge in [0.1, 0.15) is 6.29 Å². The lowest BCUT2D eigenvalue weighted by atomic mass is 9.98. The molecule has 0 heterocycles. The number of aldehydes is 1. The number of carboxylic acids is 1. The van der Waals surface area contributed by atoms with Gasteiger partial charge >= 0.3 is 5.97 Å². The summed E-state index contributed by atoms with van der Waals surface area (Å²) in [5.41, 5.74) is -1.86. The number of hydrogen-bond donors (Lipinski definition) is 2. The van der Waals surface area contributed by atoms with Crippen LogP contribution in [0.5, 0.6) is 0 Å². The molecule has 0 aliphatic heterocycles. The van der Waals surface area contributed by atoms with E-state index in [2.05, 4.69) is 0 Å². The normalized spacial score (nSPS) is 15.8. The van der Waals surface area contributed by atoms with Crippen LogP contribution in [-0.2, 0) is 9.59 Å². The fourth-order valence-electron chi connectivity index (χ4n) is 0.521. The summed E-state index contributed by atoms with van der Waals surface area (Å²) in [6, 6.07) is 0. The maximum atomic E-state index is 10.2. The van der Waals surface area contributed by atoms with Crippen molar-refractivity contribution in [1.82, 2.24) is 0 Å². The lowest BCUT2D eigenvalue weighted by Gasteiger charge is -2.17. The molecule has 0 aromatic carbocycles. The average molecular weight is 146 g/mol. The van der Waals surface area contributed by atoms with Gasteiger partial charge in [0.2, 0.25) is 0 Å². The standard InChI is InChI=1S/C6H10O4/c1-2-6(10,3-4-7)5(8)9/h4,10H,2-3H2,1H3,(H,8,9). The third-order valence-corrected chi connectivity index (χ3v) is 1.40. The van der Waals surface area contributed by atoms with E-state index in [4.69, 9.17) is 10.2 Å². The van der Waals surface area contributed by atoms with Gasteiger partial charge in [-0.3, -0.25) is 0 Å². The number of hydrogen-bond acceptors (Lipinski definition) is 3. The quantitative estimate of drug-likeness (QED) is 0.538. The topological polar surface area (TPSA) is 74.6 Å². The summed E-state index contributed by atoms with van der Waals surface area (Å²) in [5, 5.41) is 17.4. The Labute approximate surface area is 58.5 Å². The summed E-state index contributed by atoms with van der Waals surface area (Å²) < 4.78 is 0. The Morgan fingerprint density at radius 2 is 2.20 bits per heavy atom. The van der Waals surface area contributed by atoms with Crippen molar-refractivity contribution in [3.8, 4) is 0 Å². The molecule has 0 aromatic heterocycles. The van der Waals surface area contributed by atoms with E-state index in [0.29, 0.717) is 6.29 Å². The van der Waals surface area contributed by atoms with Crippen LogP contribution in [0.4, 0.5) is 0 Å². The van der Waals surface area contributed by atoms with E-state index >= 15 is 0 Å². The zero-order valence-corrected chi connectivity index (χ0v) is 5.70. The van der Waals surface area contributed by atoms with Crippen molar-refractivity contribution < 1.29 is 19.8 Å². The molecule has 1 atom stereocenters. The van der Waals surface area contributed by atoms with Crippen molar-refractivity contribution in [2.24, 2.45) is 0 Å². The molecule has 0 saturated heterocycles. The first kappa shape index (κ1) is 9.10. The Balaban J connectivity index is 4.21. The van der Waals surface area contributed by atoms with Gasteiger partial charge in [0, 0.05) is 6.42 Å². The van der Waals surface area contributed by atoms with Crippen LogP contribution >= 0.6 is 0 Å². The molecule has 4 heteroatoms. The minimum atomic E-state index is -1.86. The molecule has 10 heavy (non-hydrogen) atoms. The van der Waals surface area contributed by atoms with Crippen LogP contribution in [0.2, 0.25) is 0 Å². The number of carbonyl (C=O) groups excluding carboxylic acids is 1. The number of carboxylic acid groups (broad SMARTS) is 1. The number of rotatable bonds is 4. The minimum absolute atomic E-state index is 0.0427. The molecular weight excluding hydrogens is 136 g/mol. The molecule has 0 spiro atoms. The number of carbonyl (C=O) groups is 2. The first-order valence-corrected chi connectivity index (χ1v) is 2.96. The third-order valence-electron chi connectivity index (χ3n) is 1.40. The molecule has 1 unspecified atom stereocenters. The zero-order valence-electron chi connectivity index (χ0n) is 5.70. The van der Waals surface area contributed by atoms with Crippen LogP contribution < -0.4 is 0 Å². The molecule has 4 nitrogen and oxygen atoms in total. The molecule has 0 amide bonds. The van der Waals surface area contributed by atoms with Crippen LogP contribution in [0.3, 0.4) is 0 Å². The molecule has 0 aliphatic carbocycles. The Kier molecular flexibility index (Phi) is 3.02. The predicted molar refractivity (Wildman–Crippen MR) is 33.6 cm³/mol. The second-order valence-electron chi connectivity index (χ2n) is 2.06. The predicted octanol–water partition coefficient (Wildman–Crippen LogP) is -0.199. The highest BCUT2D eigenvalue weighted by Crippen LogP contribution is 2.12. The van der Waals surface area contributed by atoms with Crippen molar-refractivity contribution in [2.75, 3.05) is 0 Å². The summed E-state index contributed by atoms with van der Waals surface area (Å²) >= 11 is 0. The molecule has 0 aromatic rings. The van der Waals surface area contributed by atoms with Gasteiger partial charge in [-0.05, 0) is 6.42 Å². The van der Waals surface area contributed by atoms with Gasteiger partial charge in [0.15, 0.2) is 5.60 Å². The molecule has 0 radical (unpaired) electrons. The second-order valence-corrected chi connectivity index (χ2v) is 2.06. The van der Waals surface area contributed by atoms with E-state index < -0.39 is 11.6 Å². The molecule has 0 fully saturated rings. The summed E-state index contributed by atoms with van der Waals surface area (Å²) in [7, 11) is 0. The van der Waals surface area contributed by atoms with Crippen LogP contribution in [0.1, 0.15) is 19.8 Å². The van der Waals surface area contributed by atoms with E-state index in [9.17, 15) is 9.59 Å². The van der Waals surface area contributed by atoms with Gasteiger partial charge in [-0.1, -0.05) is 6.92 Å². The minimum Gasteiger partial charge on any atom is -0.479 e. The van der Waals surface area contributed by atoms with Gasteiger partial charge in [0.25, 0.3) is 0 Å². The fourth-order valence-corrected chi connectivity index (χ4v) is 0.521. The van der Waals surface area contributed by atoms with Crippen LogP contribution in [0, 0.1) is 0 Å². The Morgan fingerprint density at radius 3 is 2.30 bits per heavy atom. The van der Waals surface area contributed by atoms with E-state index in [-0.39, 0.29) is 12.8 Å². The summed E-state index contributed by atoms with van der Waals surface area (Å²) in [6.07, 6.45) is 0.0948. The molecule has 0 bridgehead atoms. The molecule has 2 N–H and O–H groups in total. The van der Waals surface area contributed by atoms with Crippen LogP contribution in [0.25, 0.3) is 0 Å². The Hall–Kier alpha value is -0.900. The number of aliphatic hydroxyl groups is 1. The largest absolute Gasteiger partial charge is 0.479 e. The monoisotopic (exact) mass is 146 g/mol. The van der Waals surface area contributed by atoms with E-state index in [1.807, 2.05) is 0 Å². The van der Waals surface area contributed by atoms with Crippen molar-refractivity contribution in [3.05, 3.63) is 0 Å². The second kappa shape index (κ2) is 3.31. The van der Waals surface area contributed by atoms with Crippen molar-refractivity contribution in [3.63, 3.8) is 0 Å². The highest BCUT2D eigenvalue weighted by Gasteiger charge is 2.32. The van der Waals surface area contributed by atoms with Crippen molar-refractivity contribution in [2.45, 2.75) is 25.4 Å². The summed E-state index contributed by atoms with van der Waals surface area (Å²) in [5.74, 6) is -1.35.